The number of hydrogen-bond donors (Lipinski definition) is 1. The molecule has 0 bridgehead atoms. The molecule has 0 aromatic heterocycles. The fraction of sp³-hybridized carbons (Fsp3) is 0.300. The van der Waals surface area contributed by atoms with Crippen LogP contribution in [0.25, 0.3) is 0 Å². The maximum atomic E-state index is 10.7. The van der Waals surface area contributed by atoms with Gasteiger partial charge in [-0.2, -0.15) is 0 Å². The molecule has 0 aliphatic carbocycles. The van der Waals surface area contributed by atoms with Crippen LogP contribution in [0, 0.1) is 3.57 Å². The van der Waals surface area contributed by atoms with E-state index >= 15 is 0 Å². The van der Waals surface area contributed by atoms with Crippen molar-refractivity contribution < 1.29 is 14.6 Å². The third-order valence-electron chi connectivity index (χ3n) is 1.89. The molecule has 1 atom stereocenters. The number of carboxylic acid groups (broad SMARTS) is 1. The SMILES string of the molecule is CO[C@@H](Cc1ccc(I)cc1)C(=O)O. The van der Waals surface area contributed by atoms with Gasteiger partial charge in [0.25, 0.3) is 0 Å². The minimum atomic E-state index is -0.925. The number of halogens is 1. The Hall–Kier alpha value is -0.620. The molecule has 0 unspecified atom stereocenters. The van der Waals surface area contributed by atoms with Crippen molar-refractivity contribution in [2.75, 3.05) is 7.11 Å². The van der Waals surface area contributed by atoms with Crippen molar-refractivity contribution in [1.82, 2.24) is 0 Å². The normalized spacial score (nSPS) is 12.4. The highest BCUT2D eigenvalue weighted by molar-refractivity contribution is 14.1. The number of rotatable bonds is 4. The van der Waals surface area contributed by atoms with Crippen LogP contribution in [-0.2, 0) is 16.0 Å². The largest absolute Gasteiger partial charge is 0.479 e. The zero-order valence-corrected chi connectivity index (χ0v) is 9.89. The van der Waals surface area contributed by atoms with E-state index in [4.69, 9.17) is 9.84 Å². The molecule has 1 rings (SSSR count). The Morgan fingerprint density at radius 2 is 2.07 bits per heavy atom. The fourth-order valence-electron chi connectivity index (χ4n) is 1.11. The highest BCUT2D eigenvalue weighted by Crippen LogP contribution is 2.09. The molecule has 3 nitrogen and oxygen atoms in total. The molecule has 1 N–H and O–H groups in total. The van der Waals surface area contributed by atoms with E-state index in [0.29, 0.717) is 6.42 Å². The van der Waals surface area contributed by atoms with Gasteiger partial charge in [0.2, 0.25) is 0 Å². The minimum absolute atomic E-state index is 0.406. The first-order chi connectivity index (χ1) is 6.63. The standard InChI is InChI=1S/C10H11IO3/c1-14-9(10(12)13)6-7-2-4-8(11)5-3-7/h2-5,9H,6H2,1H3,(H,12,13)/t9-/m0/s1. The van der Waals surface area contributed by atoms with Crippen LogP contribution in [-0.4, -0.2) is 24.3 Å². The zero-order valence-electron chi connectivity index (χ0n) is 7.74. The van der Waals surface area contributed by atoms with E-state index in [-0.39, 0.29) is 0 Å². The third-order valence-corrected chi connectivity index (χ3v) is 2.61. The lowest BCUT2D eigenvalue weighted by molar-refractivity contribution is -0.148. The number of aliphatic carboxylic acids is 1. The fourth-order valence-corrected chi connectivity index (χ4v) is 1.47. The van der Waals surface area contributed by atoms with Crippen molar-refractivity contribution in [1.29, 1.82) is 0 Å². The molecule has 0 fully saturated rings. The van der Waals surface area contributed by atoms with Crippen LogP contribution in [0.4, 0.5) is 0 Å². The molecule has 14 heavy (non-hydrogen) atoms. The molecule has 0 radical (unpaired) electrons. The summed E-state index contributed by atoms with van der Waals surface area (Å²) in [6.45, 7) is 0. The van der Waals surface area contributed by atoms with Gasteiger partial charge in [0.05, 0.1) is 0 Å². The quantitative estimate of drug-likeness (QED) is 0.865. The molecule has 0 aliphatic heterocycles. The molecule has 0 amide bonds. The summed E-state index contributed by atoms with van der Waals surface area (Å²) in [5, 5.41) is 8.76. The molecule has 0 spiro atoms. The molecule has 76 valence electrons. The van der Waals surface area contributed by atoms with E-state index in [0.717, 1.165) is 9.13 Å². The zero-order chi connectivity index (χ0) is 10.6. The van der Waals surface area contributed by atoms with Crippen molar-refractivity contribution in [3.8, 4) is 0 Å². The predicted molar refractivity (Wildman–Crippen MR) is 61.3 cm³/mol. The van der Waals surface area contributed by atoms with Gasteiger partial charge in [-0.05, 0) is 40.3 Å². The summed E-state index contributed by atoms with van der Waals surface area (Å²) in [5.41, 5.74) is 0.972. The number of carboxylic acids is 1. The second-order valence-corrected chi connectivity index (χ2v) is 4.14. The van der Waals surface area contributed by atoms with Gasteiger partial charge in [-0.25, -0.2) is 4.79 Å². The van der Waals surface area contributed by atoms with Crippen molar-refractivity contribution in [2.45, 2.75) is 12.5 Å². The Labute approximate surface area is 96.2 Å². The second kappa shape index (κ2) is 5.31. The molecule has 1 aromatic rings. The Kier molecular flexibility index (Phi) is 4.34. The van der Waals surface area contributed by atoms with E-state index in [1.807, 2.05) is 24.3 Å². The van der Waals surface area contributed by atoms with Crippen LogP contribution in [0.15, 0.2) is 24.3 Å². The summed E-state index contributed by atoms with van der Waals surface area (Å²) >= 11 is 2.21. The Morgan fingerprint density at radius 1 is 1.50 bits per heavy atom. The number of hydrogen-bond acceptors (Lipinski definition) is 2. The third kappa shape index (κ3) is 3.26. The van der Waals surface area contributed by atoms with Crippen LogP contribution in [0.1, 0.15) is 5.56 Å². The maximum Gasteiger partial charge on any atom is 0.333 e. The van der Waals surface area contributed by atoms with E-state index in [9.17, 15) is 4.79 Å². The van der Waals surface area contributed by atoms with Crippen molar-refractivity contribution in [3.05, 3.63) is 33.4 Å². The summed E-state index contributed by atoms with van der Waals surface area (Å²) < 4.78 is 5.98. The average molecular weight is 306 g/mol. The van der Waals surface area contributed by atoms with Crippen molar-refractivity contribution in [2.24, 2.45) is 0 Å². The molecular weight excluding hydrogens is 295 g/mol. The van der Waals surface area contributed by atoms with Crippen LogP contribution in [0.3, 0.4) is 0 Å². The van der Waals surface area contributed by atoms with Gasteiger partial charge in [0.15, 0.2) is 6.10 Å². The Balaban J connectivity index is 2.67. The maximum absolute atomic E-state index is 10.7. The monoisotopic (exact) mass is 306 g/mol. The number of benzene rings is 1. The highest BCUT2D eigenvalue weighted by Gasteiger charge is 2.16. The van der Waals surface area contributed by atoms with Gasteiger partial charge in [-0.3, -0.25) is 0 Å². The van der Waals surface area contributed by atoms with E-state index in [1.165, 1.54) is 7.11 Å². The van der Waals surface area contributed by atoms with Gasteiger partial charge in [-0.15, -0.1) is 0 Å². The summed E-state index contributed by atoms with van der Waals surface area (Å²) in [7, 11) is 1.41. The number of carbonyl (C=O) groups is 1. The van der Waals surface area contributed by atoms with Gasteiger partial charge in [0.1, 0.15) is 0 Å². The Morgan fingerprint density at radius 3 is 2.50 bits per heavy atom. The Bertz CT molecular complexity index is 308. The first-order valence-corrected chi connectivity index (χ1v) is 5.21. The molecular formula is C10H11IO3. The topological polar surface area (TPSA) is 46.5 Å². The van der Waals surface area contributed by atoms with E-state index < -0.39 is 12.1 Å². The average Bonchev–Trinajstić information content (AvgIpc) is 2.16. The molecule has 0 heterocycles. The summed E-state index contributed by atoms with van der Waals surface area (Å²) in [4.78, 5) is 10.7. The summed E-state index contributed by atoms with van der Waals surface area (Å²) in [5.74, 6) is -0.925. The molecule has 0 aliphatic rings. The first-order valence-electron chi connectivity index (χ1n) is 4.13. The minimum Gasteiger partial charge on any atom is -0.479 e. The van der Waals surface area contributed by atoms with Gasteiger partial charge < -0.3 is 9.84 Å². The highest BCUT2D eigenvalue weighted by atomic mass is 127. The van der Waals surface area contributed by atoms with Gasteiger partial charge in [-0.1, -0.05) is 12.1 Å². The first kappa shape index (κ1) is 11.5. The molecule has 0 saturated heterocycles. The van der Waals surface area contributed by atoms with Gasteiger partial charge in [0, 0.05) is 17.1 Å². The molecule has 0 saturated carbocycles. The summed E-state index contributed by atoms with van der Waals surface area (Å²) in [6.07, 6.45) is -0.349. The summed E-state index contributed by atoms with van der Waals surface area (Å²) in [6, 6.07) is 7.72. The van der Waals surface area contributed by atoms with Crippen molar-refractivity contribution in [3.63, 3.8) is 0 Å². The number of ether oxygens (including phenoxy) is 1. The number of methoxy groups -OCH3 is 1. The van der Waals surface area contributed by atoms with Crippen LogP contribution in [0.2, 0.25) is 0 Å². The lowest BCUT2D eigenvalue weighted by atomic mass is 10.1. The van der Waals surface area contributed by atoms with Gasteiger partial charge >= 0.3 is 5.97 Å². The van der Waals surface area contributed by atoms with Crippen molar-refractivity contribution >= 4 is 28.6 Å². The van der Waals surface area contributed by atoms with E-state index in [2.05, 4.69) is 22.6 Å². The lowest BCUT2D eigenvalue weighted by Gasteiger charge is -2.09. The van der Waals surface area contributed by atoms with Crippen LogP contribution < -0.4 is 0 Å². The lowest BCUT2D eigenvalue weighted by Crippen LogP contribution is -2.24. The molecule has 4 heteroatoms. The smallest absolute Gasteiger partial charge is 0.333 e. The predicted octanol–water partition coefficient (Wildman–Crippen LogP) is 1.93. The second-order valence-electron chi connectivity index (χ2n) is 2.89. The van der Waals surface area contributed by atoms with Crippen LogP contribution in [0.5, 0.6) is 0 Å². The molecule has 1 aromatic carbocycles. The van der Waals surface area contributed by atoms with Crippen LogP contribution >= 0.6 is 22.6 Å². The van der Waals surface area contributed by atoms with E-state index in [1.54, 1.807) is 0 Å².